The number of nitrogens with zero attached hydrogens (tertiary/aromatic N) is 1. The third kappa shape index (κ3) is 3.88. The summed E-state index contributed by atoms with van der Waals surface area (Å²) in [4.78, 5) is 28.0. The van der Waals surface area contributed by atoms with Crippen molar-refractivity contribution in [2.24, 2.45) is 0 Å². The zero-order valence-corrected chi connectivity index (χ0v) is 13.6. The molecular weight excluding hydrogens is 320 g/mol. The Morgan fingerprint density at radius 1 is 1.39 bits per heavy atom. The monoisotopic (exact) mass is 340 g/mol. The van der Waals surface area contributed by atoms with Crippen molar-refractivity contribution in [1.29, 1.82) is 0 Å². The molecule has 3 heterocycles. The van der Waals surface area contributed by atoms with Crippen LogP contribution in [0.15, 0.2) is 5.38 Å². The first-order chi connectivity index (χ1) is 11.1. The van der Waals surface area contributed by atoms with Crippen molar-refractivity contribution in [3.8, 4) is 0 Å². The maximum atomic E-state index is 12.5. The predicted molar refractivity (Wildman–Crippen MR) is 82.5 cm³/mol. The fraction of sp³-hybridized carbons (Fsp3) is 0.667. The van der Waals surface area contributed by atoms with Crippen molar-refractivity contribution < 1.29 is 24.2 Å². The van der Waals surface area contributed by atoms with Crippen LogP contribution in [0.25, 0.3) is 0 Å². The average Bonchev–Trinajstić information content (AvgIpc) is 3.18. The number of carboxylic acids is 1. The molecule has 1 aromatic rings. The molecule has 2 fully saturated rings. The van der Waals surface area contributed by atoms with Gasteiger partial charge >= 0.3 is 5.97 Å². The van der Waals surface area contributed by atoms with Crippen molar-refractivity contribution in [3.63, 3.8) is 0 Å². The van der Waals surface area contributed by atoms with Crippen LogP contribution in [0.2, 0.25) is 0 Å². The van der Waals surface area contributed by atoms with Gasteiger partial charge in [-0.25, -0.2) is 4.98 Å². The van der Waals surface area contributed by atoms with Gasteiger partial charge in [-0.1, -0.05) is 0 Å². The second kappa shape index (κ2) is 6.94. The van der Waals surface area contributed by atoms with E-state index < -0.39 is 11.5 Å². The first kappa shape index (κ1) is 16.4. The lowest BCUT2D eigenvalue weighted by molar-refractivity contribution is -0.139. The third-order valence-corrected chi connectivity index (χ3v) is 5.21. The molecule has 0 spiro atoms. The molecule has 2 saturated heterocycles. The topological polar surface area (TPSA) is 97.8 Å². The highest BCUT2D eigenvalue weighted by molar-refractivity contribution is 7.09. The molecule has 0 bridgehead atoms. The molecule has 0 saturated carbocycles. The molecule has 1 unspecified atom stereocenters. The molecule has 2 aliphatic rings. The summed E-state index contributed by atoms with van der Waals surface area (Å²) in [7, 11) is 0. The number of amides is 1. The van der Waals surface area contributed by atoms with Crippen molar-refractivity contribution >= 4 is 23.2 Å². The lowest BCUT2D eigenvalue weighted by atomic mass is 9.86. The summed E-state index contributed by atoms with van der Waals surface area (Å²) in [6.07, 6.45) is 2.80. The maximum absolute atomic E-state index is 12.5. The Kier molecular flexibility index (Phi) is 4.93. The number of aromatic nitrogens is 1. The predicted octanol–water partition coefficient (Wildman–Crippen LogP) is 1.75. The van der Waals surface area contributed by atoms with E-state index in [-0.39, 0.29) is 18.4 Å². The highest BCUT2D eigenvalue weighted by atomic mass is 32.1. The summed E-state index contributed by atoms with van der Waals surface area (Å²) >= 11 is 1.41. The summed E-state index contributed by atoms with van der Waals surface area (Å²) in [6, 6.07) is 0. The number of thiazole rings is 1. The minimum atomic E-state index is -0.925. The number of hydrogen-bond acceptors (Lipinski definition) is 6. The Morgan fingerprint density at radius 2 is 2.17 bits per heavy atom. The normalized spacial score (nSPS) is 23.6. The fourth-order valence-corrected chi connectivity index (χ4v) is 3.90. The number of carbonyl (C=O) groups is 2. The molecule has 1 aromatic heterocycles. The van der Waals surface area contributed by atoms with Crippen molar-refractivity contribution in [1.82, 2.24) is 10.3 Å². The van der Waals surface area contributed by atoms with Crippen LogP contribution in [0.1, 0.15) is 53.7 Å². The van der Waals surface area contributed by atoms with Gasteiger partial charge in [0.15, 0.2) is 0 Å². The van der Waals surface area contributed by atoms with E-state index in [4.69, 9.17) is 14.6 Å². The van der Waals surface area contributed by atoms with Crippen LogP contribution in [0.3, 0.4) is 0 Å². The molecule has 0 aromatic carbocycles. The van der Waals surface area contributed by atoms with E-state index in [2.05, 4.69) is 10.3 Å². The fourth-order valence-electron chi connectivity index (χ4n) is 3.01. The van der Waals surface area contributed by atoms with Gasteiger partial charge in [0.1, 0.15) is 16.8 Å². The highest BCUT2D eigenvalue weighted by Crippen LogP contribution is 2.31. The van der Waals surface area contributed by atoms with Gasteiger partial charge in [0.2, 0.25) is 0 Å². The molecule has 2 N–H and O–H groups in total. The van der Waals surface area contributed by atoms with Crippen LogP contribution in [-0.2, 0) is 14.3 Å². The Labute approximate surface area is 138 Å². The summed E-state index contributed by atoms with van der Waals surface area (Å²) < 4.78 is 10.9. The van der Waals surface area contributed by atoms with Gasteiger partial charge in [0.05, 0.1) is 12.0 Å². The molecule has 7 nitrogen and oxygen atoms in total. The average molecular weight is 340 g/mol. The molecule has 0 radical (unpaired) electrons. The van der Waals surface area contributed by atoms with Gasteiger partial charge in [-0.05, 0) is 25.7 Å². The van der Waals surface area contributed by atoms with Crippen LogP contribution in [0, 0.1) is 0 Å². The van der Waals surface area contributed by atoms with Crippen LogP contribution >= 0.6 is 11.3 Å². The lowest BCUT2D eigenvalue weighted by Crippen LogP contribution is -2.53. The number of carbonyl (C=O) groups excluding carboxylic acids is 1. The summed E-state index contributed by atoms with van der Waals surface area (Å²) in [6.45, 7) is 1.63. The molecule has 8 heteroatoms. The molecule has 0 aliphatic carbocycles. The highest BCUT2D eigenvalue weighted by Gasteiger charge is 2.37. The Balaban J connectivity index is 1.70. The number of carboxylic acid groups (broad SMARTS) is 1. The zero-order chi connectivity index (χ0) is 16.3. The third-order valence-electron chi connectivity index (χ3n) is 4.28. The molecule has 1 atom stereocenters. The summed E-state index contributed by atoms with van der Waals surface area (Å²) in [5, 5.41) is 14.5. The van der Waals surface area contributed by atoms with Crippen molar-refractivity contribution in [2.45, 2.75) is 43.7 Å². The summed E-state index contributed by atoms with van der Waals surface area (Å²) in [5.74, 6) is -1.25. The first-order valence-electron chi connectivity index (χ1n) is 7.77. The number of nitrogens with one attached hydrogen (secondary N) is 1. The van der Waals surface area contributed by atoms with E-state index in [1.807, 2.05) is 0 Å². The second-order valence-electron chi connectivity index (χ2n) is 5.99. The number of ether oxygens (including phenoxy) is 2. The number of aliphatic carboxylic acids is 1. The van der Waals surface area contributed by atoms with Crippen LogP contribution in [0.5, 0.6) is 0 Å². The molecule has 23 heavy (non-hydrogen) atoms. The molecule has 2 aliphatic heterocycles. The van der Waals surface area contributed by atoms with Gasteiger partial charge in [0, 0.05) is 25.2 Å². The van der Waals surface area contributed by atoms with E-state index in [0.29, 0.717) is 31.7 Å². The Morgan fingerprint density at radius 3 is 2.83 bits per heavy atom. The molecular formula is C15H20N2O5S. The van der Waals surface area contributed by atoms with Crippen molar-refractivity contribution in [3.05, 3.63) is 16.1 Å². The van der Waals surface area contributed by atoms with Gasteiger partial charge < -0.3 is 19.9 Å². The quantitative estimate of drug-likeness (QED) is 0.847. The standard InChI is InChI=1S/C15H20N2O5S/c18-12(19)8-15(3-6-21-7-4-15)17-13(20)10-9-23-14(16-10)11-2-1-5-22-11/h9,11H,1-8H2,(H,17,20)(H,18,19). The first-order valence-corrected chi connectivity index (χ1v) is 8.65. The SMILES string of the molecule is O=C(O)CC1(NC(=O)c2csc(C3CCCO3)n2)CCOCC1. The second-order valence-corrected chi connectivity index (χ2v) is 6.88. The van der Waals surface area contributed by atoms with Gasteiger partial charge in [0.25, 0.3) is 5.91 Å². The lowest BCUT2D eigenvalue weighted by Gasteiger charge is -2.36. The van der Waals surface area contributed by atoms with Crippen molar-refractivity contribution in [2.75, 3.05) is 19.8 Å². The Hall–Kier alpha value is -1.51. The molecule has 3 rings (SSSR count). The largest absolute Gasteiger partial charge is 0.481 e. The van der Waals surface area contributed by atoms with Crippen LogP contribution in [0.4, 0.5) is 0 Å². The minimum absolute atomic E-state index is 0.0161. The smallest absolute Gasteiger partial charge is 0.305 e. The number of rotatable bonds is 5. The molecule has 126 valence electrons. The minimum Gasteiger partial charge on any atom is -0.481 e. The van der Waals surface area contributed by atoms with E-state index >= 15 is 0 Å². The Bertz CT molecular complexity index is 576. The zero-order valence-electron chi connectivity index (χ0n) is 12.7. The van der Waals surface area contributed by atoms with E-state index in [9.17, 15) is 9.59 Å². The van der Waals surface area contributed by atoms with Crippen LogP contribution < -0.4 is 5.32 Å². The van der Waals surface area contributed by atoms with E-state index in [1.54, 1.807) is 5.38 Å². The number of hydrogen-bond donors (Lipinski definition) is 2. The molecule has 1 amide bonds. The van der Waals surface area contributed by atoms with Gasteiger partial charge in [-0.2, -0.15) is 0 Å². The summed E-state index contributed by atoms with van der Waals surface area (Å²) in [5.41, 5.74) is -0.425. The van der Waals surface area contributed by atoms with E-state index in [0.717, 1.165) is 24.5 Å². The van der Waals surface area contributed by atoms with Crippen LogP contribution in [-0.4, -0.2) is 47.3 Å². The maximum Gasteiger partial charge on any atom is 0.305 e. The van der Waals surface area contributed by atoms with Gasteiger partial charge in [-0.3, -0.25) is 9.59 Å². The van der Waals surface area contributed by atoms with Gasteiger partial charge in [-0.15, -0.1) is 11.3 Å². The van der Waals surface area contributed by atoms with E-state index in [1.165, 1.54) is 11.3 Å².